The molecule has 1 rings (SSSR count). The van der Waals surface area contributed by atoms with Crippen LogP contribution in [-0.4, -0.2) is 19.1 Å². The fourth-order valence-corrected chi connectivity index (χ4v) is 1.71. The first kappa shape index (κ1) is 14.8. The van der Waals surface area contributed by atoms with Crippen LogP contribution < -0.4 is 5.73 Å². The summed E-state index contributed by atoms with van der Waals surface area (Å²) >= 11 is 5.53. The number of hydrogen-bond acceptors (Lipinski definition) is 3. The van der Waals surface area contributed by atoms with Gasteiger partial charge < -0.3 is 10.5 Å². The van der Waals surface area contributed by atoms with Crippen molar-refractivity contribution in [1.82, 2.24) is 0 Å². The third-order valence-corrected chi connectivity index (χ3v) is 2.61. The topological polar surface area (TPSA) is 52.3 Å². The normalized spacial score (nSPS) is 13.2. The van der Waals surface area contributed by atoms with Crippen LogP contribution in [0.2, 0.25) is 5.02 Å². The lowest BCUT2D eigenvalue weighted by atomic mass is 10.0. The molecule has 0 aromatic heterocycles. The standard InChI is InChI=1S/C11H11ClF3NO2/c1-18-10(17)9(16)5-6-2-3-7(8(12)4-6)11(13,14)15/h2-4,9H,5,16H2,1H3/t9-/m0/s1. The van der Waals surface area contributed by atoms with E-state index < -0.39 is 28.8 Å². The lowest BCUT2D eigenvalue weighted by Gasteiger charge is -2.12. The maximum Gasteiger partial charge on any atom is 0.417 e. The van der Waals surface area contributed by atoms with E-state index in [1.54, 1.807) is 0 Å². The molecule has 0 aliphatic heterocycles. The second-order valence-electron chi connectivity index (χ2n) is 3.65. The smallest absolute Gasteiger partial charge is 0.417 e. The number of rotatable bonds is 3. The van der Waals surface area contributed by atoms with Crippen molar-refractivity contribution < 1.29 is 22.7 Å². The highest BCUT2D eigenvalue weighted by atomic mass is 35.5. The quantitative estimate of drug-likeness (QED) is 0.866. The molecule has 0 saturated heterocycles. The van der Waals surface area contributed by atoms with Gasteiger partial charge in [0, 0.05) is 0 Å². The number of carbonyl (C=O) groups excluding carboxylic acids is 1. The van der Waals surface area contributed by atoms with Gasteiger partial charge in [0.1, 0.15) is 6.04 Å². The third-order valence-electron chi connectivity index (χ3n) is 2.30. The molecule has 1 aromatic rings. The molecule has 0 radical (unpaired) electrons. The van der Waals surface area contributed by atoms with E-state index in [-0.39, 0.29) is 6.42 Å². The van der Waals surface area contributed by atoms with Gasteiger partial charge in [-0.2, -0.15) is 13.2 Å². The van der Waals surface area contributed by atoms with Gasteiger partial charge in [-0.25, -0.2) is 0 Å². The predicted molar refractivity (Wildman–Crippen MR) is 60.1 cm³/mol. The molecular formula is C11H11ClF3NO2. The first-order valence-corrected chi connectivity index (χ1v) is 5.32. The Hall–Kier alpha value is -1.27. The summed E-state index contributed by atoms with van der Waals surface area (Å²) in [5.41, 5.74) is 5.01. The third kappa shape index (κ3) is 3.61. The van der Waals surface area contributed by atoms with Crippen LogP contribution in [0.15, 0.2) is 18.2 Å². The van der Waals surface area contributed by atoms with E-state index in [9.17, 15) is 18.0 Å². The highest BCUT2D eigenvalue weighted by molar-refractivity contribution is 6.31. The number of halogens is 4. The lowest BCUT2D eigenvalue weighted by Crippen LogP contribution is -2.33. The number of esters is 1. The van der Waals surface area contributed by atoms with E-state index in [2.05, 4.69) is 4.74 Å². The van der Waals surface area contributed by atoms with Gasteiger partial charge in [-0.3, -0.25) is 4.79 Å². The van der Waals surface area contributed by atoms with Gasteiger partial charge in [0.25, 0.3) is 0 Å². The van der Waals surface area contributed by atoms with E-state index in [0.29, 0.717) is 5.56 Å². The first-order valence-electron chi connectivity index (χ1n) is 4.94. The summed E-state index contributed by atoms with van der Waals surface area (Å²) in [7, 11) is 1.18. The van der Waals surface area contributed by atoms with E-state index in [1.807, 2.05) is 0 Å². The summed E-state index contributed by atoms with van der Waals surface area (Å²) in [6, 6.07) is 2.31. The summed E-state index contributed by atoms with van der Waals surface area (Å²) in [5.74, 6) is -0.633. The summed E-state index contributed by atoms with van der Waals surface area (Å²) in [5, 5.41) is -0.419. The number of hydrogen-bond donors (Lipinski definition) is 1. The van der Waals surface area contributed by atoms with Gasteiger partial charge in [-0.15, -0.1) is 0 Å². The average Bonchev–Trinajstić information content (AvgIpc) is 2.26. The van der Waals surface area contributed by atoms with Crippen LogP contribution in [0.4, 0.5) is 13.2 Å². The Morgan fingerprint density at radius 2 is 2.11 bits per heavy atom. The Kier molecular flexibility index (Phi) is 4.59. The van der Waals surface area contributed by atoms with Crippen molar-refractivity contribution in [2.24, 2.45) is 5.73 Å². The molecule has 2 N–H and O–H groups in total. The average molecular weight is 282 g/mol. The van der Waals surface area contributed by atoms with Crippen molar-refractivity contribution in [2.45, 2.75) is 18.6 Å². The van der Waals surface area contributed by atoms with Crippen molar-refractivity contribution in [3.05, 3.63) is 34.3 Å². The number of nitrogens with two attached hydrogens (primary N) is 1. The molecule has 1 aromatic carbocycles. The largest absolute Gasteiger partial charge is 0.468 e. The fraction of sp³-hybridized carbons (Fsp3) is 0.364. The van der Waals surface area contributed by atoms with Gasteiger partial charge in [0.2, 0.25) is 0 Å². The van der Waals surface area contributed by atoms with Crippen LogP contribution in [0.1, 0.15) is 11.1 Å². The molecule has 0 aliphatic rings. The lowest BCUT2D eigenvalue weighted by molar-refractivity contribution is -0.142. The predicted octanol–water partition coefficient (Wildman–Crippen LogP) is 2.40. The van der Waals surface area contributed by atoms with Crippen molar-refractivity contribution in [3.63, 3.8) is 0 Å². The molecule has 0 aliphatic carbocycles. The van der Waals surface area contributed by atoms with E-state index in [4.69, 9.17) is 17.3 Å². The molecule has 0 spiro atoms. The Morgan fingerprint density at radius 3 is 2.56 bits per heavy atom. The monoisotopic (exact) mass is 281 g/mol. The molecule has 1 atom stereocenters. The Bertz CT molecular complexity index is 448. The highest BCUT2D eigenvalue weighted by Gasteiger charge is 2.33. The molecule has 18 heavy (non-hydrogen) atoms. The maximum atomic E-state index is 12.4. The van der Waals surface area contributed by atoms with E-state index in [0.717, 1.165) is 12.1 Å². The minimum atomic E-state index is -4.50. The molecule has 100 valence electrons. The van der Waals surface area contributed by atoms with Crippen LogP contribution in [0.5, 0.6) is 0 Å². The minimum absolute atomic E-state index is 0.0601. The maximum absolute atomic E-state index is 12.4. The number of alkyl halides is 3. The first-order chi connectivity index (χ1) is 8.25. The number of ether oxygens (including phenoxy) is 1. The Morgan fingerprint density at radius 1 is 1.50 bits per heavy atom. The molecule has 0 fully saturated rings. The second-order valence-corrected chi connectivity index (χ2v) is 4.05. The Labute approximate surface area is 107 Å². The van der Waals surface area contributed by atoms with Gasteiger partial charge in [0.15, 0.2) is 0 Å². The van der Waals surface area contributed by atoms with Crippen molar-refractivity contribution in [1.29, 1.82) is 0 Å². The summed E-state index contributed by atoms with van der Waals surface area (Å²) < 4.78 is 41.7. The van der Waals surface area contributed by atoms with Crippen LogP contribution in [-0.2, 0) is 22.1 Å². The van der Waals surface area contributed by atoms with Crippen molar-refractivity contribution in [3.8, 4) is 0 Å². The minimum Gasteiger partial charge on any atom is -0.468 e. The van der Waals surface area contributed by atoms with E-state index >= 15 is 0 Å². The number of methoxy groups -OCH3 is 1. The van der Waals surface area contributed by atoms with Gasteiger partial charge in [-0.1, -0.05) is 17.7 Å². The second kappa shape index (κ2) is 5.58. The SMILES string of the molecule is COC(=O)[C@@H](N)Cc1ccc(C(F)(F)F)c(Cl)c1. The van der Waals surface area contributed by atoms with Gasteiger partial charge in [0.05, 0.1) is 17.7 Å². The molecule has 0 bridgehead atoms. The zero-order valence-corrected chi connectivity index (χ0v) is 10.2. The van der Waals surface area contributed by atoms with Crippen LogP contribution in [0, 0.1) is 0 Å². The fourth-order valence-electron chi connectivity index (χ4n) is 1.40. The zero-order chi connectivity index (χ0) is 13.9. The molecular weight excluding hydrogens is 271 g/mol. The van der Waals surface area contributed by atoms with E-state index in [1.165, 1.54) is 13.2 Å². The van der Waals surface area contributed by atoms with Crippen molar-refractivity contribution >= 4 is 17.6 Å². The van der Waals surface area contributed by atoms with Crippen LogP contribution in [0.3, 0.4) is 0 Å². The van der Waals surface area contributed by atoms with Crippen LogP contribution in [0.25, 0.3) is 0 Å². The summed E-state index contributed by atoms with van der Waals surface area (Å²) in [4.78, 5) is 11.1. The van der Waals surface area contributed by atoms with Crippen LogP contribution >= 0.6 is 11.6 Å². The molecule has 0 amide bonds. The molecule has 0 saturated carbocycles. The van der Waals surface area contributed by atoms with Crippen molar-refractivity contribution in [2.75, 3.05) is 7.11 Å². The molecule has 7 heteroatoms. The Balaban J connectivity index is 2.89. The van der Waals surface area contributed by atoms with Gasteiger partial charge >= 0.3 is 12.1 Å². The summed E-state index contributed by atoms with van der Waals surface area (Å²) in [6.07, 6.45) is -4.44. The highest BCUT2D eigenvalue weighted by Crippen LogP contribution is 2.35. The number of benzene rings is 1. The molecule has 0 unspecified atom stereocenters. The van der Waals surface area contributed by atoms with Gasteiger partial charge in [-0.05, 0) is 24.1 Å². The summed E-state index contributed by atoms with van der Waals surface area (Å²) in [6.45, 7) is 0. The molecule has 3 nitrogen and oxygen atoms in total. The number of carbonyl (C=O) groups is 1. The zero-order valence-electron chi connectivity index (χ0n) is 9.42. The molecule has 0 heterocycles.